The van der Waals surface area contributed by atoms with E-state index in [1.165, 1.54) is 13.0 Å². The zero-order valence-electron chi connectivity index (χ0n) is 10.6. The Morgan fingerprint density at radius 3 is 2.89 bits per heavy atom. The molecule has 0 fully saturated rings. The van der Waals surface area contributed by atoms with E-state index in [-0.39, 0.29) is 23.7 Å². The lowest BCUT2D eigenvalue weighted by molar-refractivity contribution is 0.116. The fourth-order valence-corrected chi connectivity index (χ4v) is 1.68. The van der Waals surface area contributed by atoms with Gasteiger partial charge < -0.3 is 14.3 Å². The Hall–Kier alpha value is -2.15. The molecule has 0 radical (unpaired) electrons. The topological polar surface area (TPSA) is 105 Å². The zero-order chi connectivity index (χ0) is 14.0. The van der Waals surface area contributed by atoms with E-state index in [2.05, 4.69) is 9.97 Å². The van der Waals surface area contributed by atoms with Crippen LogP contribution in [0.5, 0.6) is 6.01 Å². The summed E-state index contributed by atoms with van der Waals surface area (Å²) in [6, 6.07) is 1.19. The number of hydrogen-bond donors (Lipinski definition) is 2. The Balaban J connectivity index is 2.57. The lowest BCUT2D eigenvalue weighted by atomic mass is 10.1. The van der Waals surface area contributed by atoms with Crippen LogP contribution in [-0.4, -0.2) is 27.8 Å². The molecule has 2 N–H and O–H groups in total. The number of fused-ring (bicyclic) bond motifs is 1. The van der Waals surface area contributed by atoms with Crippen LogP contribution in [0.15, 0.2) is 20.1 Å². The summed E-state index contributed by atoms with van der Waals surface area (Å²) in [6.45, 7) is 3.34. The van der Waals surface area contributed by atoms with Gasteiger partial charge in [-0.3, -0.25) is 9.78 Å². The smallest absolute Gasteiger partial charge is 0.337 e. The first-order chi connectivity index (χ1) is 9.01. The van der Waals surface area contributed by atoms with Crippen molar-refractivity contribution in [2.45, 2.75) is 26.4 Å². The number of aromatic nitrogens is 2. The largest absolute Gasteiger partial charge is 0.462 e. The predicted molar refractivity (Wildman–Crippen MR) is 67.5 cm³/mol. The number of nitrogens with one attached hydrogen (secondary N) is 1. The summed E-state index contributed by atoms with van der Waals surface area (Å²) in [6.07, 6.45) is -0.184. The van der Waals surface area contributed by atoms with E-state index < -0.39 is 17.3 Å². The van der Waals surface area contributed by atoms with Crippen LogP contribution in [0.1, 0.15) is 19.4 Å². The van der Waals surface area contributed by atoms with Crippen LogP contribution in [0.3, 0.4) is 0 Å². The summed E-state index contributed by atoms with van der Waals surface area (Å²) >= 11 is 0. The Kier molecular flexibility index (Phi) is 3.66. The van der Waals surface area contributed by atoms with Crippen LogP contribution in [-0.2, 0) is 6.42 Å². The summed E-state index contributed by atoms with van der Waals surface area (Å²) in [5.41, 5.74) is -0.495. The van der Waals surface area contributed by atoms with Crippen LogP contribution < -0.4 is 15.9 Å². The fraction of sp³-hybridized carbons (Fsp3) is 0.417. The third-order valence-electron chi connectivity index (χ3n) is 2.52. The first-order valence-corrected chi connectivity index (χ1v) is 5.89. The molecule has 102 valence electrons. The van der Waals surface area contributed by atoms with Crippen LogP contribution in [0.2, 0.25) is 0 Å². The van der Waals surface area contributed by atoms with Gasteiger partial charge in [-0.25, -0.2) is 4.79 Å². The van der Waals surface area contributed by atoms with Gasteiger partial charge >= 0.3 is 5.63 Å². The minimum absolute atomic E-state index is 0.0217. The molecule has 2 rings (SSSR count). The Labute approximate surface area is 107 Å². The van der Waals surface area contributed by atoms with E-state index in [0.29, 0.717) is 12.0 Å². The first kappa shape index (κ1) is 13.3. The molecule has 0 aliphatic rings. The van der Waals surface area contributed by atoms with Gasteiger partial charge in [0.05, 0.1) is 6.10 Å². The number of aliphatic hydroxyl groups is 1. The number of rotatable bonds is 4. The first-order valence-electron chi connectivity index (χ1n) is 5.89. The fourth-order valence-electron chi connectivity index (χ4n) is 1.68. The van der Waals surface area contributed by atoms with Crippen molar-refractivity contribution in [3.8, 4) is 6.01 Å². The highest BCUT2D eigenvalue weighted by Crippen LogP contribution is 2.13. The Bertz CT molecular complexity index is 701. The molecular weight excluding hydrogens is 252 g/mol. The summed E-state index contributed by atoms with van der Waals surface area (Å²) in [5.74, 6) is 0. The Morgan fingerprint density at radius 2 is 2.26 bits per heavy atom. The lowest BCUT2D eigenvalue weighted by Crippen LogP contribution is -2.18. The number of nitrogens with zero attached hydrogens (tertiary/aromatic N) is 1. The van der Waals surface area contributed by atoms with Crippen molar-refractivity contribution in [1.82, 2.24) is 9.97 Å². The van der Waals surface area contributed by atoms with Crippen molar-refractivity contribution in [2.24, 2.45) is 0 Å². The maximum absolute atomic E-state index is 11.9. The van der Waals surface area contributed by atoms with E-state index in [1.807, 2.05) is 6.92 Å². The second-order valence-electron chi connectivity index (χ2n) is 4.16. The number of aryl methyl sites for hydroxylation is 1. The molecule has 2 aromatic rings. The third-order valence-corrected chi connectivity index (χ3v) is 2.52. The molecule has 1 unspecified atom stereocenters. The molecule has 2 aromatic heterocycles. The monoisotopic (exact) mass is 266 g/mol. The van der Waals surface area contributed by atoms with Gasteiger partial charge in [-0.2, -0.15) is 4.98 Å². The maximum atomic E-state index is 11.9. The quantitative estimate of drug-likeness (QED) is 0.818. The van der Waals surface area contributed by atoms with Crippen molar-refractivity contribution < 1.29 is 14.3 Å². The molecule has 0 aromatic carbocycles. The van der Waals surface area contributed by atoms with Gasteiger partial charge in [-0.15, -0.1) is 0 Å². The second kappa shape index (κ2) is 5.23. The second-order valence-corrected chi connectivity index (χ2v) is 4.16. The van der Waals surface area contributed by atoms with Gasteiger partial charge in [0.15, 0.2) is 0 Å². The van der Waals surface area contributed by atoms with Crippen molar-refractivity contribution in [3.05, 3.63) is 32.4 Å². The molecule has 2 heterocycles. The normalized spacial score (nSPS) is 12.6. The van der Waals surface area contributed by atoms with Crippen molar-refractivity contribution in [1.29, 1.82) is 0 Å². The highest BCUT2D eigenvalue weighted by Gasteiger charge is 2.12. The van der Waals surface area contributed by atoms with Gasteiger partial charge in [0.25, 0.3) is 11.6 Å². The van der Waals surface area contributed by atoms with Gasteiger partial charge in [0, 0.05) is 6.07 Å². The molecule has 0 saturated heterocycles. The molecule has 7 nitrogen and oxygen atoms in total. The molecule has 1 atom stereocenters. The molecule has 19 heavy (non-hydrogen) atoms. The van der Waals surface area contributed by atoms with E-state index >= 15 is 0 Å². The average Bonchev–Trinajstić information content (AvgIpc) is 2.34. The minimum atomic E-state index is -0.699. The van der Waals surface area contributed by atoms with E-state index in [9.17, 15) is 9.59 Å². The highest BCUT2D eigenvalue weighted by molar-refractivity contribution is 5.75. The number of aromatic amines is 1. The molecule has 7 heteroatoms. The Morgan fingerprint density at radius 1 is 1.53 bits per heavy atom. The maximum Gasteiger partial charge on any atom is 0.337 e. The summed E-state index contributed by atoms with van der Waals surface area (Å²) in [5, 5.41) is 9.35. The summed E-state index contributed by atoms with van der Waals surface area (Å²) < 4.78 is 9.99. The number of hydrogen-bond acceptors (Lipinski definition) is 6. The molecule has 0 saturated carbocycles. The van der Waals surface area contributed by atoms with Crippen LogP contribution in [0.4, 0.5) is 0 Å². The number of H-pyrrole nitrogens is 1. The molecule has 0 spiro atoms. The van der Waals surface area contributed by atoms with Crippen molar-refractivity contribution in [2.75, 3.05) is 6.61 Å². The number of ether oxygens (including phenoxy) is 1. The SMILES string of the molecule is CCc1cc(=O)oc2nc(OCC(C)O)[nH]c(=O)c12. The molecular formula is C12H14N2O5. The zero-order valence-corrected chi connectivity index (χ0v) is 10.6. The standard InChI is InChI=1S/C12H14N2O5/c1-3-7-4-8(16)19-11-9(7)10(17)13-12(14-11)18-5-6(2)15/h4,6,15H,3,5H2,1-2H3,(H,13,14,17). The van der Waals surface area contributed by atoms with Crippen LogP contribution >= 0.6 is 0 Å². The lowest BCUT2D eigenvalue weighted by Gasteiger charge is -2.07. The minimum Gasteiger partial charge on any atom is -0.462 e. The van der Waals surface area contributed by atoms with Gasteiger partial charge in [0.2, 0.25) is 5.71 Å². The van der Waals surface area contributed by atoms with Crippen LogP contribution in [0, 0.1) is 0 Å². The van der Waals surface area contributed by atoms with Crippen LogP contribution in [0.25, 0.3) is 11.1 Å². The van der Waals surface area contributed by atoms with Crippen molar-refractivity contribution >= 4 is 11.1 Å². The molecule has 0 amide bonds. The molecule has 0 aliphatic carbocycles. The van der Waals surface area contributed by atoms with Gasteiger partial charge in [-0.05, 0) is 18.9 Å². The average molecular weight is 266 g/mol. The highest BCUT2D eigenvalue weighted by atomic mass is 16.5. The van der Waals surface area contributed by atoms with E-state index in [1.54, 1.807) is 0 Å². The molecule has 0 bridgehead atoms. The number of aliphatic hydroxyl groups excluding tert-OH is 1. The van der Waals surface area contributed by atoms with E-state index in [4.69, 9.17) is 14.3 Å². The van der Waals surface area contributed by atoms with Crippen molar-refractivity contribution in [3.63, 3.8) is 0 Å². The third kappa shape index (κ3) is 2.82. The van der Waals surface area contributed by atoms with E-state index in [0.717, 1.165) is 0 Å². The van der Waals surface area contributed by atoms with Gasteiger partial charge in [-0.1, -0.05) is 6.92 Å². The summed E-state index contributed by atoms with van der Waals surface area (Å²) in [7, 11) is 0. The molecule has 0 aliphatic heterocycles. The summed E-state index contributed by atoms with van der Waals surface area (Å²) in [4.78, 5) is 29.6. The predicted octanol–water partition coefficient (Wildman–Crippen LogP) is 0.198. The van der Waals surface area contributed by atoms with Gasteiger partial charge in [0.1, 0.15) is 12.0 Å².